The third kappa shape index (κ3) is 2.86. The molecule has 0 spiro atoms. The molecule has 6 nitrogen and oxygen atoms in total. The summed E-state index contributed by atoms with van der Waals surface area (Å²) in [6.45, 7) is 4.32. The van der Waals surface area contributed by atoms with Gasteiger partial charge in [0.2, 0.25) is 0 Å². The molecule has 0 amide bonds. The molecule has 2 heterocycles. The lowest BCUT2D eigenvalue weighted by atomic mass is 10.1. The second-order valence-corrected chi connectivity index (χ2v) is 5.67. The van der Waals surface area contributed by atoms with Crippen molar-refractivity contribution in [2.75, 3.05) is 6.61 Å². The first-order valence-corrected chi connectivity index (χ1v) is 8.35. The van der Waals surface area contributed by atoms with E-state index in [9.17, 15) is 0 Å². The van der Waals surface area contributed by atoms with E-state index in [0.29, 0.717) is 41.2 Å². The van der Waals surface area contributed by atoms with Gasteiger partial charge in [0.05, 0.1) is 12.2 Å². The number of nitrogens with zero attached hydrogens (tertiary/aromatic N) is 3. The van der Waals surface area contributed by atoms with Crippen molar-refractivity contribution in [1.82, 2.24) is 15.4 Å². The summed E-state index contributed by atoms with van der Waals surface area (Å²) in [5.41, 5.74) is 3.05. The first kappa shape index (κ1) is 16.1. The summed E-state index contributed by atoms with van der Waals surface area (Å²) in [5, 5.41) is 12.6. The van der Waals surface area contributed by atoms with E-state index >= 15 is 0 Å². The third-order valence-corrected chi connectivity index (χ3v) is 3.97. The Morgan fingerprint density at radius 3 is 2.46 bits per heavy atom. The molecule has 0 saturated heterocycles. The zero-order valence-electron chi connectivity index (χ0n) is 14.5. The van der Waals surface area contributed by atoms with Gasteiger partial charge in [-0.1, -0.05) is 47.6 Å². The van der Waals surface area contributed by atoms with Gasteiger partial charge in [0.1, 0.15) is 22.8 Å². The summed E-state index contributed by atoms with van der Waals surface area (Å²) < 4.78 is 17.0. The van der Waals surface area contributed by atoms with Crippen molar-refractivity contribution in [2.24, 2.45) is 0 Å². The molecule has 0 unspecified atom stereocenters. The summed E-state index contributed by atoms with van der Waals surface area (Å²) in [6.07, 6.45) is 0. The second kappa shape index (κ2) is 6.84. The molecule has 0 radical (unpaired) electrons. The predicted molar refractivity (Wildman–Crippen MR) is 96.6 cm³/mol. The SMILES string of the molecule is CCOc1ccccc1-c1nnc(-c2c(-c3ccccc3)noc2C)o1. The van der Waals surface area contributed by atoms with E-state index in [1.165, 1.54) is 0 Å². The number of para-hydroxylation sites is 1. The predicted octanol–water partition coefficient (Wildman–Crippen LogP) is 4.77. The molecule has 2 aromatic carbocycles. The van der Waals surface area contributed by atoms with E-state index in [1.807, 2.05) is 68.4 Å². The third-order valence-electron chi connectivity index (χ3n) is 3.97. The van der Waals surface area contributed by atoms with Crippen molar-refractivity contribution in [3.8, 4) is 39.9 Å². The first-order chi connectivity index (χ1) is 12.8. The minimum absolute atomic E-state index is 0.365. The van der Waals surface area contributed by atoms with E-state index in [2.05, 4.69) is 15.4 Å². The Morgan fingerprint density at radius 2 is 1.65 bits per heavy atom. The smallest absolute Gasteiger partial charge is 0.254 e. The molecule has 0 aliphatic heterocycles. The van der Waals surface area contributed by atoms with Gasteiger partial charge in [0.25, 0.3) is 11.8 Å². The van der Waals surface area contributed by atoms with Crippen molar-refractivity contribution >= 4 is 0 Å². The highest BCUT2D eigenvalue weighted by atomic mass is 16.5. The molecule has 0 aliphatic carbocycles. The van der Waals surface area contributed by atoms with Crippen molar-refractivity contribution in [1.29, 1.82) is 0 Å². The van der Waals surface area contributed by atoms with Crippen LogP contribution in [0.25, 0.3) is 34.2 Å². The van der Waals surface area contributed by atoms with Crippen LogP contribution in [0.5, 0.6) is 5.75 Å². The monoisotopic (exact) mass is 347 g/mol. The van der Waals surface area contributed by atoms with E-state index in [4.69, 9.17) is 13.7 Å². The molecule has 4 rings (SSSR count). The van der Waals surface area contributed by atoms with E-state index < -0.39 is 0 Å². The van der Waals surface area contributed by atoms with Gasteiger partial charge < -0.3 is 13.7 Å². The maximum Gasteiger partial charge on any atom is 0.254 e. The van der Waals surface area contributed by atoms with Gasteiger partial charge in [-0.25, -0.2) is 0 Å². The fourth-order valence-corrected chi connectivity index (χ4v) is 2.77. The largest absolute Gasteiger partial charge is 0.493 e. The summed E-state index contributed by atoms with van der Waals surface area (Å²) in [4.78, 5) is 0. The lowest BCUT2D eigenvalue weighted by molar-refractivity contribution is 0.340. The highest BCUT2D eigenvalue weighted by molar-refractivity contribution is 5.78. The molecule has 6 heteroatoms. The maximum atomic E-state index is 5.94. The zero-order chi connectivity index (χ0) is 17.9. The average Bonchev–Trinajstić information content (AvgIpc) is 3.30. The van der Waals surface area contributed by atoms with Gasteiger partial charge in [-0.2, -0.15) is 0 Å². The Kier molecular flexibility index (Phi) is 4.23. The molecular weight excluding hydrogens is 330 g/mol. The molecule has 0 bridgehead atoms. The number of rotatable bonds is 5. The van der Waals surface area contributed by atoms with Crippen LogP contribution in [0, 0.1) is 6.92 Å². The summed E-state index contributed by atoms with van der Waals surface area (Å²) in [7, 11) is 0. The molecule has 130 valence electrons. The Morgan fingerprint density at radius 1 is 0.923 bits per heavy atom. The maximum absolute atomic E-state index is 5.94. The van der Waals surface area contributed by atoms with Crippen molar-refractivity contribution in [3.63, 3.8) is 0 Å². The zero-order valence-corrected chi connectivity index (χ0v) is 14.5. The average molecular weight is 347 g/mol. The molecular formula is C20H17N3O3. The highest BCUT2D eigenvalue weighted by Crippen LogP contribution is 2.36. The van der Waals surface area contributed by atoms with Crippen LogP contribution in [0.2, 0.25) is 0 Å². The Labute approximate surface area is 150 Å². The molecule has 0 aliphatic rings. The Hall–Kier alpha value is -3.41. The van der Waals surface area contributed by atoms with Crippen LogP contribution in [-0.4, -0.2) is 22.0 Å². The normalized spacial score (nSPS) is 10.8. The van der Waals surface area contributed by atoms with Crippen LogP contribution in [-0.2, 0) is 0 Å². The van der Waals surface area contributed by atoms with E-state index in [-0.39, 0.29) is 0 Å². The molecule has 0 N–H and O–H groups in total. The highest BCUT2D eigenvalue weighted by Gasteiger charge is 2.23. The number of aromatic nitrogens is 3. The summed E-state index contributed by atoms with van der Waals surface area (Å²) in [5.74, 6) is 2.08. The molecule has 26 heavy (non-hydrogen) atoms. The minimum atomic E-state index is 0.365. The first-order valence-electron chi connectivity index (χ1n) is 8.35. The number of benzene rings is 2. The molecule has 4 aromatic rings. The van der Waals surface area contributed by atoms with Gasteiger partial charge in [0.15, 0.2) is 0 Å². The van der Waals surface area contributed by atoms with E-state index in [0.717, 1.165) is 11.1 Å². The number of aryl methyl sites for hydroxylation is 1. The summed E-state index contributed by atoms with van der Waals surface area (Å²) >= 11 is 0. The van der Waals surface area contributed by atoms with Gasteiger partial charge in [-0.05, 0) is 26.0 Å². The standard InChI is InChI=1S/C20H17N3O3/c1-3-24-16-12-8-7-11-15(16)19-21-22-20(25-19)17-13(2)26-23-18(17)14-9-5-4-6-10-14/h4-12H,3H2,1-2H3. The number of hydrogen-bond donors (Lipinski definition) is 0. The van der Waals surface area contributed by atoms with Crippen LogP contribution in [0.15, 0.2) is 63.5 Å². The van der Waals surface area contributed by atoms with Crippen LogP contribution < -0.4 is 4.74 Å². The lowest BCUT2D eigenvalue weighted by Crippen LogP contribution is -1.93. The molecule has 0 fully saturated rings. The number of hydrogen-bond acceptors (Lipinski definition) is 6. The molecule has 0 atom stereocenters. The minimum Gasteiger partial charge on any atom is -0.493 e. The van der Waals surface area contributed by atoms with Gasteiger partial charge >= 0.3 is 0 Å². The van der Waals surface area contributed by atoms with E-state index in [1.54, 1.807) is 0 Å². The topological polar surface area (TPSA) is 74.2 Å². The van der Waals surface area contributed by atoms with Crippen LogP contribution in [0.4, 0.5) is 0 Å². The molecule has 0 saturated carbocycles. The fourth-order valence-electron chi connectivity index (χ4n) is 2.77. The Bertz CT molecular complexity index is 1020. The van der Waals surface area contributed by atoms with Crippen molar-refractivity contribution < 1.29 is 13.7 Å². The van der Waals surface area contributed by atoms with Crippen molar-refractivity contribution in [3.05, 3.63) is 60.4 Å². The lowest BCUT2D eigenvalue weighted by Gasteiger charge is -2.06. The number of ether oxygens (including phenoxy) is 1. The van der Waals surface area contributed by atoms with Gasteiger partial charge in [-0.3, -0.25) is 0 Å². The van der Waals surface area contributed by atoms with Gasteiger partial charge in [-0.15, -0.1) is 10.2 Å². The second-order valence-electron chi connectivity index (χ2n) is 5.67. The Balaban J connectivity index is 1.78. The summed E-state index contributed by atoms with van der Waals surface area (Å²) in [6, 6.07) is 17.3. The van der Waals surface area contributed by atoms with Crippen molar-refractivity contribution in [2.45, 2.75) is 13.8 Å². The van der Waals surface area contributed by atoms with Crippen LogP contribution in [0.1, 0.15) is 12.7 Å². The van der Waals surface area contributed by atoms with Gasteiger partial charge in [0, 0.05) is 5.56 Å². The van der Waals surface area contributed by atoms with Crippen LogP contribution in [0.3, 0.4) is 0 Å². The quantitative estimate of drug-likeness (QED) is 0.518. The van der Waals surface area contributed by atoms with Crippen LogP contribution >= 0.6 is 0 Å². The fraction of sp³-hybridized carbons (Fsp3) is 0.150. The molecule has 2 aromatic heterocycles.